The first-order chi connectivity index (χ1) is 19.7. The zero-order chi connectivity index (χ0) is 31.2. The number of fused-ring (bicyclic) bond motifs is 5. The van der Waals surface area contributed by atoms with Gasteiger partial charge >= 0.3 is 24.3 Å². The number of nitrogens with zero attached hydrogens (tertiary/aromatic N) is 4. The molecule has 1 aliphatic rings. The first kappa shape index (κ1) is 31.0. The van der Waals surface area contributed by atoms with E-state index in [0.717, 1.165) is 28.2 Å². The summed E-state index contributed by atoms with van der Waals surface area (Å²) in [6, 6.07) is 13.2. The number of halogens is 6. The molecule has 0 atom stereocenters. The number of carbonyl (C=O) groups is 2. The third-order valence-corrected chi connectivity index (χ3v) is 5.24. The van der Waals surface area contributed by atoms with Crippen LogP contribution in [0.2, 0.25) is 0 Å². The third-order valence-electron chi connectivity index (χ3n) is 5.24. The number of aliphatic hydroxyl groups excluding tert-OH is 1. The van der Waals surface area contributed by atoms with Crippen LogP contribution in [0.1, 0.15) is 11.1 Å². The summed E-state index contributed by atoms with van der Waals surface area (Å²) in [5, 5.41) is 36.5. The molecule has 0 amide bonds. The molecule has 42 heavy (non-hydrogen) atoms. The zero-order valence-corrected chi connectivity index (χ0v) is 20.6. The fourth-order valence-electron chi connectivity index (χ4n) is 3.41. The van der Waals surface area contributed by atoms with E-state index >= 15 is 0 Å². The van der Waals surface area contributed by atoms with E-state index in [1.165, 1.54) is 0 Å². The lowest BCUT2D eigenvalue weighted by Crippen LogP contribution is -2.21. The Hall–Kier alpha value is -5.50. The number of rotatable bonds is 2. The number of pyridine rings is 2. The molecule has 17 heteroatoms. The van der Waals surface area contributed by atoms with Crippen molar-refractivity contribution in [3.8, 4) is 40.0 Å². The van der Waals surface area contributed by atoms with Gasteiger partial charge in [0.25, 0.3) is 0 Å². The van der Waals surface area contributed by atoms with Gasteiger partial charge in [-0.1, -0.05) is 6.07 Å². The molecule has 5 rings (SSSR count). The molecule has 0 aliphatic carbocycles. The van der Waals surface area contributed by atoms with E-state index in [1.807, 2.05) is 18.2 Å². The average Bonchev–Trinajstić information content (AvgIpc) is 3.32. The van der Waals surface area contributed by atoms with E-state index in [1.54, 1.807) is 36.8 Å². The summed E-state index contributed by atoms with van der Waals surface area (Å²) >= 11 is 0. The SMILES string of the molecule is N#Cc1cc(CO)ccc1-c1nc2c([nH]1)-c1ccncc1Nc1ncccc1-2.O=C(O)C(F)(F)F.O=C(O)C(F)(F)F. The van der Waals surface area contributed by atoms with Crippen LogP contribution in [-0.2, 0) is 16.2 Å². The van der Waals surface area contributed by atoms with E-state index in [4.69, 9.17) is 24.8 Å². The third kappa shape index (κ3) is 7.17. The highest BCUT2D eigenvalue weighted by atomic mass is 19.4. The molecule has 0 bridgehead atoms. The number of nitrogens with one attached hydrogen (secondary N) is 2. The number of anilines is 2. The Morgan fingerprint density at radius 2 is 1.57 bits per heavy atom. The highest BCUT2D eigenvalue weighted by Gasteiger charge is 2.38. The predicted molar refractivity (Wildman–Crippen MR) is 132 cm³/mol. The van der Waals surface area contributed by atoms with Gasteiger partial charge in [-0.05, 0) is 35.9 Å². The van der Waals surface area contributed by atoms with Crippen LogP contribution in [0.3, 0.4) is 0 Å². The molecule has 4 aromatic rings. The summed E-state index contributed by atoms with van der Waals surface area (Å²) in [5.74, 6) is -4.23. The van der Waals surface area contributed by atoms with Crippen LogP contribution in [0.25, 0.3) is 33.9 Å². The maximum absolute atomic E-state index is 10.6. The lowest BCUT2D eigenvalue weighted by atomic mass is 10.0. The van der Waals surface area contributed by atoms with Crippen molar-refractivity contribution in [1.82, 2.24) is 19.9 Å². The molecule has 1 aromatic carbocycles. The van der Waals surface area contributed by atoms with Crippen LogP contribution in [0.5, 0.6) is 0 Å². The van der Waals surface area contributed by atoms with Gasteiger partial charge in [-0.2, -0.15) is 31.6 Å². The van der Waals surface area contributed by atoms with Crippen molar-refractivity contribution in [3.05, 3.63) is 66.1 Å². The van der Waals surface area contributed by atoms with Gasteiger partial charge < -0.3 is 25.6 Å². The van der Waals surface area contributed by atoms with Crippen molar-refractivity contribution >= 4 is 23.4 Å². The summed E-state index contributed by atoms with van der Waals surface area (Å²) in [5.41, 5.74) is 6.02. The molecule has 218 valence electrons. The Bertz CT molecular complexity index is 1580. The first-order valence-electron chi connectivity index (χ1n) is 11.2. The standard InChI is InChI=1S/C21H14N6O.2C2HF3O2/c22-9-13-8-12(11-28)3-4-14(13)21-26-18-15-5-7-23-10-17(15)25-20-16(19(18)27-21)2-1-6-24-20;2*3-2(4,5)1(6)7/h1-8,10,28H,11H2,(H,24,25)(H,26,27);2*(H,6,7). The van der Waals surface area contributed by atoms with Crippen molar-refractivity contribution in [2.24, 2.45) is 0 Å². The Morgan fingerprint density at radius 3 is 2.14 bits per heavy atom. The Labute approximate surface area is 230 Å². The number of imidazole rings is 1. The molecule has 4 heterocycles. The van der Waals surface area contributed by atoms with Crippen LogP contribution in [0.4, 0.5) is 37.8 Å². The quantitative estimate of drug-likeness (QED) is 0.176. The van der Waals surface area contributed by atoms with Gasteiger partial charge in [0.15, 0.2) is 0 Å². The van der Waals surface area contributed by atoms with Crippen molar-refractivity contribution in [2.45, 2.75) is 19.0 Å². The predicted octanol–water partition coefficient (Wildman–Crippen LogP) is 4.89. The van der Waals surface area contributed by atoms with Crippen molar-refractivity contribution < 1.29 is 51.3 Å². The minimum absolute atomic E-state index is 0.116. The van der Waals surface area contributed by atoms with Gasteiger partial charge in [0.2, 0.25) is 0 Å². The van der Waals surface area contributed by atoms with E-state index in [9.17, 15) is 36.7 Å². The smallest absolute Gasteiger partial charge is 0.475 e. The zero-order valence-electron chi connectivity index (χ0n) is 20.6. The molecule has 0 radical (unpaired) electrons. The number of hydrogen-bond acceptors (Lipinski definition) is 8. The number of H-pyrrole nitrogens is 1. The van der Waals surface area contributed by atoms with Crippen LogP contribution < -0.4 is 5.32 Å². The second-order valence-corrected chi connectivity index (χ2v) is 8.01. The largest absolute Gasteiger partial charge is 0.490 e. The molecular formula is C25H16F6N6O5. The molecule has 0 fully saturated rings. The van der Waals surface area contributed by atoms with Gasteiger partial charge in [-0.3, -0.25) is 4.98 Å². The highest BCUT2D eigenvalue weighted by Crippen LogP contribution is 2.42. The Morgan fingerprint density at radius 1 is 0.929 bits per heavy atom. The molecule has 0 saturated carbocycles. The molecule has 0 unspecified atom stereocenters. The van der Waals surface area contributed by atoms with Crippen molar-refractivity contribution in [2.75, 3.05) is 5.32 Å². The Balaban J connectivity index is 0.000000289. The summed E-state index contributed by atoms with van der Waals surface area (Å²) in [6.07, 6.45) is -4.97. The lowest BCUT2D eigenvalue weighted by molar-refractivity contribution is -0.193. The summed E-state index contributed by atoms with van der Waals surface area (Å²) in [4.78, 5) is 34.6. The second kappa shape index (κ2) is 12.3. The normalized spacial score (nSPS) is 11.4. The number of carboxylic acid groups (broad SMARTS) is 2. The number of carboxylic acids is 2. The van der Waals surface area contributed by atoms with Gasteiger partial charge in [0.1, 0.15) is 17.3 Å². The number of aliphatic carboxylic acids is 2. The highest BCUT2D eigenvalue weighted by molar-refractivity contribution is 5.95. The summed E-state index contributed by atoms with van der Waals surface area (Å²) in [6.45, 7) is -0.116. The fourth-order valence-corrected chi connectivity index (χ4v) is 3.41. The van der Waals surface area contributed by atoms with Crippen LogP contribution >= 0.6 is 0 Å². The molecular weight excluding hydrogens is 578 g/mol. The van der Waals surface area contributed by atoms with E-state index in [0.29, 0.717) is 28.3 Å². The molecule has 0 saturated heterocycles. The van der Waals surface area contributed by atoms with Gasteiger partial charge in [0.05, 0.1) is 35.8 Å². The number of benzene rings is 1. The molecule has 1 aliphatic heterocycles. The monoisotopic (exact) mass is 594 g/mol. The average molecular weight is 594 g/mol. The second-order valence-electron chi connectivity index (χ2n) is 8.01. The number of nitriles is 1. The van der Waals surface area contributed by atoms with Gasteiger partial charge in [0, 0.05) is 29.1 Å². The number of aromatic nitrogens is 4. The number of aliphatic hydroxyl groups is 1. The number of hydrogen-bond donors (Lipinski definition) is 5. The molecule has 11 nitrogen and oxygen atoms in total. The summed E-state index contributed by atoms with van der Waals surface area (Å²) < 4.78 is 63.5. The van der Waals surface area contributed by atoms with Gasteiger partial charge in [-0.25, -0.2) is 19.6 Å². The maximum Gasteiger partial charge on any atom is 0.490 e. The van der Waals surface area contributed by atoms with Crippen molar-refractivity contribution in [3.63, 3.8) is 0 Å². The minimum Gasteiger partial charge on any atom is -0.475 e. The summed E-state index contributed by atoms with van der Waals surface area (Å²) in [7, 11) is 0. The van der Waals surface area contributed by atoms with E-state index in [2.05, 4.69) is 26.3 Å². The van der Waals surface area contributed by atoms with Crippen LogP contribution in [0, 0.1) is 11.3 Å². The van der Waals surface area contributed by atoms with Gasteiger partial charge in [-0.15, -0.1) is 0 Å². The topological polar surface area (TPSA) is 185 Å². The fraction of sp³-hybridized carbons (Fsp3) is 0.120. The van der Waals surface area contributed by atoms with E-state index in [-0.39, 0.29) is 6.61 Å². The first-order valence-corrected chi connectivity index (χ1v) is 11.2. The van der Waals surface area contributed by atoms with E-state index < -0.39 is 24.3 Å². The number of aromatic amines is 1. The Kier molecular flexibility index (Phi) is 9.12. The lowest BCUT2D eigenvalue weighted by Gasteiger charge is -2.08. The maximum atomic E-state index is 10.6. The van der Waals surface area contributed by atoms with Crippen LogP contribution in [0.15, 0.2) is 55.0 Å². The van der Waals surface area contributed by atoms with Crippen molar-refractivity contribution in [1.29, 1.82) is 5.26 Å². The molecule has 3 aromatic heterocycles. The number of alkyl halides is 6. The minimum atomic E-state index is -5.08. The molecule has 5 N–H and O–H groups in total. The van der Waals surface area contributed by atoms with Crippen LogP contribution in [-0.4, -0.2) is 59.5 Å². The molecule has 0 spiro atoms.